The minimum atomic E-state index is -3.68. The summed E-state index contributed by atoms with van der Waals surface area (Å²) in [6.45, 7) is 0. The third kappa shape index (κ3) is 1.58. The number of aromatic amines is 1. The highest BCUT2D eigenvalue weighted by molar-refractivity contribution is 7.89. The number of benzene rings is 1. The van der Waals surface area contributed by atoms with Crippen LogP contribution in [0.15, 0.2) is 41.6 Å². The molecule has 1 aromatic carbocycles. The molecular weight excluding hydrogens is 238 g/mol. The van der Waals surface area contributed by atoms with E-state index in [9.17, 15) is 8.42 Å². The topological polar surface area (TPSA) is 88.8 Å². The first kappa shape index (κ1) is 10.2. The number of hydrogen-bond acceptors (Lipinski definition) is 3. The molecule has 86 valence electrons. The summed E-state index contributed by atoms with van der Waals surface area (Å²) in [4.78, 5) is 7.31. The lowest BCUT2D eigenvalue weighted by Gasteiger charge is -1.97. The maximum atomic E-state index is 11.3. The van der Waals surface area contributed by atoms with Crippen molar-refractivity contribution in [2.75, 3.05) is 0 Å². The van der Waals surface area contributed by atoms with Crippen molar-refractivity contribution in [2.24, 2.45) is 5.14 Å². The van der Waals surface area contributed by atoms with E-state index < -0.39 is 10.0 Å². The predicted octanol–water partition coefficient (Wildman–Crippen LogP) is 1.36. The van der Waals surface area contributed by atoms with Crippen LogP contribution in [0.25, 0.3) is 21.8 Å². The van der Waals surface area contributed by atoms with Crippen molar-refractivity contribution in [1.82, 2.24) is 9.97 Å². The molecule has 0 unspecified atom stereocenters. The molecule has 0 atom stereocenters. The van der Waals surface area contributed by atoms with Crippen LogP contribution < -0.4 is 5.14 Å². The second-order valence-electron chi connectivity index (χ2n) is 3.80. The summed E-state index contributed by atoms with van der Waals surface area (Å²) in [5.74, 6) is 0. The zero-order valence-electron chi connectivity index (χ0n) is 8.71. The van der Waals surface area contributed by atoms with Gasteiger partial charge >= 0.3 is 0 Å². The molecule has 0 radical (unpaired) electrons. The number of aromatic nitrogens is 2. The quantitative estimate of drug-likeness (QED) is 0.680. The van der Waals surface area contributed by atoms with Crippen LogP contribution in [0, 0.1) is 0 Å². The average molecular weight is 247 g/mol. The second-order valence-corrected chi connectivity index (χ2v) is 5.36. The molecule has 0 saturated carbocycles. The number of hydrogen-bond donors (Lipinski definition) is 2. The minimum absolute atomic E-state index is 0.106. The van der Waals surface area contributed by atoms with Crippen molar-refractivity contribution < 1.29 is 8.42 Å². The average Bonchev–Trinajstić information content (AvgIpc) is 2.65. The number of nitrogens with two attached hydrogens (primary N) is 1. The Labute approximate surface area is 97.3 Å². The summed E-state index contributed by atoms with van der Waals surface area (Å²) < 4.78 is 22.6. The predicted molar refractivity (Wildman–Crippen MR) is 65.0 cm³/mol. The largest absolute Gasteiger partial charge is 0.354 e. The molecule has 0 amide bonds. The van der Waals surface area contributed by atoms with Gasteiger partial charge in [-0.3, -0.25) is 4.98 Å². The normalized spacial score (nSPS) is 12.3. The van der Waals surface area contributed by atoms with Gasteiger partial charge in [0.15, 0.2) is 0 Å². The molecule has 0 aliphatic rings. The van der Waals surface area contributed by atoms with Crippen LogP contribution in [0.1, 0.15) is 0 Å². The van der Waals surface area contributed by atoms with E-state index in [-0.39, 0.29) is 4.90 Å². The number of sulfonamides is 1. The highest BCUT2D eigenvalue weighted by Crippen LogP contribution is 2.26. The summed E-state index contributed by atoms with van der Waals surface area (Å²) in [5, 5.41) is 6.79. The molecule has 0 aliphatic heterocycles. The second kappa shape index (κ2) is 3.28. The van der Waals surface area contributed by atoms with E-state index in [1.54, 1.807) is 24.5 Å². The van der Waals surface area contributed by atoms with Crippen molar-refractivity contribution >= 4 is 31.8 Å². The molecule has 3 rings (SSSR count). The number of fused-ring (bicyclic) bond motifs is 3. The van der Waals surface area contributed by atoms with Crippen LogP contribution in [0.4, 0.5) is 0 Å². The van der Waals surface area contributed by atoms with Crippen molar-refractivity contribution in [3.63, 3.8) is 0 Å². The van der Waals surface area contributed by atoms with E-state index in [1.807, 2.05) is 6.07 Å². The molecule has 3 aromatic rings. The number of pyridine rings is 1. The Bertz CT molecular complexity index is 821. The number of nitrogens with one attached hydrogen (secondary N) is 1. The van der Waals surface area contributed by atoms with Gasteiger partial charge in [-0.05, 0) is 24.3 Å². The van der Waals surface area contributed by atoms with Gasteiger partial charge < -0.3 is 4.98 Å². The standard InChI is InChI=1S/C11H9N3O2S/c12-17(15,16)7-1-2-10-8(5-7)9-6-13-4-3-11(9)14-10/h1-6,14H,(H2,12,15,16). The number of primary sulfonamides is 1. The highest BCUT2D eigenvalue weighted by Gasteiger charge is 2.11. The van der Waals surface area contributed by atoms with E-state index in [0.717, 1.165) is 21.8 Å². The van der Waals surface area contributed by atoms with Crippen LogP contribution >= 0.6 is 0 Å². The van der Waals surface area contributed by atoms with Gasteiger partial charge in [-0.25, -0.2) is 13.6 Å². The lowest BCUT2D eigenvalue weighted by molar-refractivity contribution is 0.598. The molecule has 2 aromatic heterocycles. The van der Waals surface area contributed by atoms with Gasteiger partial charge in [0.05, 0.1) is 4.90 Å². The lowest BCUT2D eigenvalue weighted by atomic mass is 10.2. The summed E-state index contributed by atoms with van der Waals surface area (Å²) >= 11 is 0. The van der Waals surface area contributed by atoms with E-state index in [0.29, 0.717) is 0 Å². The fourth-order valence-electron chi connectivity index (χ4n) is 1.90. The summed E-state index contributed by atoms with van der Waals surface area (Å²) in [6, 6.07) is 6.59. The number of rotatable bonds is 1. The molecule has 3 N–H and O–H groups in total. The zero-order chi connectivity index (χ0) is 12.0. The Balaban J connectivity index is 2.46. The van der Waals surface area contributed by atoms with E-state index in [2.05, 4.69) is 9.97 Å². The van der Waals surface area contributed by atoms with E-state index in [4.69, 9.17) is 5.14 Å². The van der Waals surface area contributed by atoms with Crippen LogP contribution in [0.5, 0.6) is 0 Å². The molecule has 0 aliphatic carbocycles. The highest BCUT2D eigenvalue weighted by atomic mass is 32.2. The van der Waals surface area contributed by atoms with Crippen molar-refractivity contribution in [3.05, 3.63) is 36.7 Å². The van der Waals surface area contributed by atoms with Crippen molar-refractivity contribution in [3.8, 4) is 0 Å². The zero-order valence-corrected chi connectivity index (χ0v) is 9.53. The molecule has 6 heteroatoms. The Morgan fingerprint density at radius 3 is 2.65 bits per heavy atom. The third-order valence-electron chi connectivity index (χ3n) is 2.70. The summed E-state index contributed by atoms with van der Waals surface area (Å²) in [5.41, 5.74) is 1.78. The van der Waals surface area contributed by atoms with Gasteiger partial charge in [0.2, 0.25) is 10.0 Å². The van der Waals surface area contributed by atoms with Gasteiger partial charge in [-0.15, -0.1) is 0 Å². The fraction of sp³-hybridized carbons (Fsp3) is 0. The molecule has 0 bridgehead atoms. The van der Waals surface area contributed by atoms with E-state index >= 15 is 0 Å². The molecule has 0 saturated heterocycles. The maximum absolute atomic E-state index is 11.3. The van der Waals surface area contributed by atoms with Crippen molar-refractivity contribution in [2.45, 2.75) is 4.90 Å². The summed E-state index contributed by atoms with van der Waals surface area (Å²) in [6.07, 6.45) is 3.37. The first-order chi connectivity index (χ1) is 8.05. The molecule has 0 fully saturated rings. The maximum Gasteiger partial charge on any atom is 0.238 e. The van der Waals surface area contributed by atoms with Gasteiger partial charge in [0.25, 0.3) is 0 Å². The lowest BCUT2D eigenvalue weighted by Crippen LogP contribution is -2.11. The number of H-pyrrole nitrogens is 1. The Morgan fingerprint density at radius 1 is 1.12 bits per heavy atom. The SMILES string of the molecule is NS(=O)(=O)c1ccc2[nH]c3ccncc3c2c1. The van der Waals surface area contributed by atoms with E-state index in [1.165, 1.54) is 6.07 Å². The van der Waals surface area contributed by atoms with Crippen LogP contribution in [0.3, 0.4) is 0 Å². The summed E-state index contributed by atoms with van der Waals surface area (Å²) in [7, 11) is -3.68. The van der Waals surface area contributed by atoms with Gasteiger partial charge in [-0.2, -0.15) is 0 Å². The monoisotopic (exact) mass is 247 g/mol. The Hall–Kier alpha value is -1.92. The first-order valence-electron chi connectivity index (χ1n) is 4.94. The molecular formula is C11H9N3O2S. The Morgan fingerprint density at radius 2 is 1.88 bits per heavy atom. The molecule has 5 nitrogen and oxygen atoms in total. The van der Waals surface area contributed by atoms with Gasteiger partial charge in [-0.1, -0.05) is 0 Å². The van der Waals surface area contributed by atoms with Gasteiger partial charge in [0.1, 0.15) is 0 Å². The molecule has 17 heavy (non-hydrogen) atoms. The van der Waals surface area contributed by atoms with Crippen LogP contribution in [0.2, 0.25) is 0 Å². The molecule has 2 heterocycles. The van der Waals surface area contributed by atoms with Gasteiger partial charge in [0, 0.05) is 34.2 Å². The van der Waals surface area contributed by atoms with Crippen LogP contribution in [-0.2, 0) is 10.0 Å². The Kier molecular flexibility index (Phi) is 1.98. The minimum Gasteiger partial charge on any atom is -0.354 e. The third-order valence-corrected chi connectivity index (χ3v) is 3.61. The smallest absolute Gasteiger partial charge is 0.238 e. The fourth-order valence-corrected chi connectivity index (χ4v) is 2.44. The number of nitrogens with zero attached hydrogens (tertiary/aromatic N) is 1. The van der Waals surface area contributed by atoms with Crippen molar-refractivity contribution in [1.29, 1.82) is 0 Å². The first-order valence-corrected chi connectivity index (χ1v) is 6.48. The molecule has 0 spiro atoms. The van der Waals surface area contributed by atoms with Crippen LogP contribution in [-0.4, -0.2) is 18.4 Å².